The summed E-state index contributed by atoms with van der Waals surface area (Å²) in [7, 11) is -1.82. The fourth-order valence-corrected chi connectivity index (χ4v) is 3.23. The maximum Gasteiger partial charge on any atom is 0.320 e. The third-order valence-corrected chi connectivity index (χ3v) is 8.81. The van der Waals surface area contributed by atoms with Crippen LogP contribution in [0.2, 0.25) is 18.1 Å². The number of nitrogens with one attached hydrogen (secondary N) is 1. The van der Waals surface area contributed by atoms with E-state index >= 15 is 0 Å². The molecular formula is C15H25NO2Si. The van der Waals surface area contributed by atoms with Crippen LogP contribution in [0.25, 0.3) is 0 Å². The van der Waals surface area contributed by atoms with Crippen LogP contribution < -0.4 is 4.98 Å². The van der Waals surface area contributed by atoms with Gasteiger partial charge in [-0.3, -0.25) is 4.79 Å². The quantitative estimate of drug-likeness (QED) is 0.813. The minimum Gasteiger partial charge on any atom is -0.480 e. The van der Waals surface area contributed by atoms with Crippen molar-refractivity contribution in [2.24, 2.45) is 0 Å². The van der Waals surface area contributed by atoms with Crippen LogP contribution in [0.3, 0.4) is 0 Å². The van der Waals surface area contributed by atoms with Gasteiger partial charge in [-0.15, -0.1) is 0 Å². The molecule has 0 saturated heterocycles. The first-order valence-electron chi connectivity index (χ1n) is 6.68. The SMILES string of the molecule is CC(C)(C)[Si](C)(C)N[C@@H](Cc1ccccc1)C(=O)O. The van der Waals surface area contributed by atoms with Crippen LogP contribution in [-0.4, -0.2) is 25.4 Å². The zero-order chi connectivity index (χ0) is 14.7. The number of carboxylic acids is 1. The lowest BCUT2D eigenvalue weighted by Crippen LogP contribution is -2.58. The van der Waals surface area contributed by atoms with E-state index in [4.69, 9.17) is 0 Å². The summed E-state index contributed by atoms with van der Waals surface area (Å²) in [6.45, 7) is 10.9. The highest BCUT2D eigenvalue weighted by Crippen LogP contribution is 2.34. The van der Waals surface area contributed by atoms with E-state index in [1.165, 1.54) is 0 Å². The van der Waals surface area contributed by atoms with Crippen molar-refractivity contribution in [1.29, 1.82) is 0 Å². The van der Waals surface area contributed by atoms with Gasteiger partial charge >= 0.3 is 5.97 Å². The molecule has 0 saturated carbocycles. The molecule has 1 aromatic carbocycles. The Hall–Kier alpha value is -1.13. The Labute approximate surface area is 117 Å². The van der Waals surface area contributed by atoms with E-state index in [0.29, 0.717) is 6.42 Å². The standard InChI is InChI=1S/C15H25NO2Si/c1-15(2,3)19(4,5)16-13(14(17)18)11-12-9-7-6-8-10-12/h6-10,13,16H,11H2,1-5H3,(H,17,18)/t13-/m0/s1. The molecular weight excluding hydrogens is 254 g/mol. The van der Waals surface area contributed by atoms with E-state index in [9.17, 15) is 9.90 Å². The molecule has 0 aliphatic heterocycles. The van der Waals surface area contributed by atoms with Crippen molar-refractivity contribution in [3.05, 3.63) is 35.9 Å². The predicted octanol–water partition coefficient (Wildman–Crippen LogP) is 3.28. The van der Waals surface area contributed by atoms with Crippen molar-refractivity contribution in [3.8, 4) is 0 Å². The Morgan fingerprint density at radius 1 is 1.26 bits per heavy atom. The van der Waals surface area contributed by atoms with Crippen molar-refractivity contribution in [2.75, 3.05) is 0 Å². The molecule has 0 amide bonds. The predicted molar refractivity (Wildman–Crippen MR) is 81.9 cm³/mol. The lowest BCUT2D eigenvalue weighted by Gasteiger charge is -2.39. The zero-order valence-electron chi connectivity index (χ0n) is 12.5. The van der Waals surface area contributed by atoms with Gasteiger partial charge in [-0.1, -0.05) is 64.2 Å². The summed E-state index contributed by atoms with van der Waals surface area (Å²) in [5.41, 5.74) is 1.06. The van der Waals surface area contributed by atoms with E-state index < -0.39 is 20.2 Å². The van der Waals surface area contributed by atoms with Gasteiger partial charge in [0.25, 0.3) is 0 Å². The number of hydrogen-bond acceptors (Lipinski definition) is 2. The maximum absolute atomic E-state index is 11.5. The van der Waals surface area contributed by atoms with Crippen LogP contribution in [0, 0.1) is 0 Å². The summed E-state index contributed by atoms with van der Waals surface area (Å²) < 4.78 is 0. The first-order valence-corrected chi connectivity index (χ1v) is 9.68. The number of hydrogen-bond donors (Lipinski definition) is 2. The summed E-state index contributed by atoms with van der Waals surface area (Å²) >= 11 is 0. The molecule has 0 aliphatic carbocycles. The van der Waals surface area contributed by atoms with Crippen molar-refractivity contribution in [2.45, 2.75) is 51.4 Å². The van der Waals surface area contributed by atoms with Gasteiger partial charge in [-0.2, -0.15) is 0 Å². The second-order valence-electron chi connectivity index (χ2n) is 6.60. The average Bonchev–Trinajstić information content (AvgIpc) is 2.27. The Kier molecular flexibility index (Phi) is 4.93. The summed E-state index contributed by atoms with van der Waals surface area (Å²) in [6.07, 6.45) is 0.530. The van der Waals surface area contributed by atoms with Crippen LogP contribution in [0.15, 0.2) is 30.3 Å². The molecule has 0 radical (unpaired) electrons. The van der Waals surface area contributed by atoms with Crippen molar-refractivity contribution in [1.82, 2.24) is 4.98 Å². The third-order valence-electron chi connectivity index (χ3n) is 3.99. The van der Waals surface area contributed by atoms with Crippen molar-refractivity contribution in [3.63, 3.8) is 0 Å². The number of carbonyl (C=O) groups is 1. The monoisotopic (exact) mass is 279 g/mol. The highest BCUT2D eigenvalue weighted by molar-refractivity contribution is 6.78. The first-order chi connectivity index (χ1) is 8.63. The second kappa shape index (κ2) is 5.88. The molecule has 3 nitrogen and oxygen atoms in total. The molecule has 0 fully saturated rings. The first kappa shape index (κ1) is 15.9. The van der Waals surface area contributed by atoms with E-state index in [0.717, 1.165) is 5.56 Å². The minimum absolute atomic E-state index is 0.122. The molecule has 1 rings (SSSR count). The molecule has 106 valence electrons. The van der Waals surface area contributed by atoms with Crippen LogP contribution in [0.4, 0.5) is 0 Å². The van der Waals surface area contributed by atoms with Gasteiger partial charge in [-0.05, 0) is 17.0 Å². The number of rotatable bonds is 5. The lowest BCUT2D eigenvalue weighted by atomic mass is 10.1. The van der Waals surface area contributed by atoms with Crippen LogP contribution in [-0.2, 0) is 11.2 Å². The molecule has 0 bridgehead atoms. The Morgan fingerprint density at radius 3 is 2.21 bits per heavy atom. The van der Waals surface area contributed by atoms with Gasteiger partial charge in [0.15, 0.2) is 0 Å². The smallest absolute Gasteiger partial charge is 0.320 e. The lowest BCUT2D eigenvalue weighted by molar-refractivity contribution is -0.139. The van der Waals surface area contributed by atoms with Crippen molar-refractivity contribution < 1.29 is 9.90 Å². The van der Waals surface area contributed by atoms with E-state index in [1.54, 1.807) is 0 Å². The van der Waals surface area contributed by atoms with Gasteiger partial charge in [0.1, 0.15) is 14.3 Å². The molecule has 0 heterocycles. The summed E-state index contributed by atoms with van der Waals surface area (Å²) in [6, 6.07) is 9.28. The highest BCUT2D eigenvalue weighted by atomic mass is 28.3. The average molecular weight is 279 g/mol. The van der Waals surface area contributed by atoms with Gasteiger partial charge in [0.2, 0.25) is 0 Å². The van der Waals surface area contributed by atoms with E-state index in [2.05, 4.69) is 38.8 Å². The Balaban J connectivity index is 2.83. The van der Waals surface area contributed by atoms with Gasteiger partial charge in [0, 0.05) is 0 Å². The van der Waals surface area contributed by atoms with Gasteiger partial charge < -0.3 is 10.1 Å². The fourth-order valence-electron chi connectivity index (χ4n) is 1.70. The molecule has 1 atom stereocenters. The minimum atomic E-state index is -1.82. The largest absolute Gasteiger partial charge is 0.480 e. The van der Waals surface area contributed by atoms with Crippen molar-refractivity contribution >= 4 is 14.2 Å². The Bertz CT molecular complexity index is 424. The number of carboxylic acid groups (broad SMARTS) is 1. The van der Waals surface area contributed by atoms with Crippen LogP contribution in [0.1, 0.15) is 26.3 Å². The molecule has 19 heavy (non-hydrogen) atoms. The highest BCUT2D eigenvalue weighted by Gasteiger charge is 2.38. The summed E-state index contributed by atoms with van der Waals surface area (Å²) in [4.78, 5) is 14.9. The maximum atomic E-state index is 11.5. The molecule has 2 N–H and O–H groups in total. The topological polar surface area (TPSA) is 49.3 Å². The van der Waals surface area contributed by atoms with Crippen LogP contribution >= 0.6 is 0 Å². The molecule has 1 aromatic rings. The molecule has 0 unspecified atom stereocenters. The molecule has 4 heteroatoms. The fraction of sp³-hybridized carbons (Fsp3) is 0.533. The van der Waals surface area contributed by atoms with Crippen LogP contribution in [0.5, 0.6) is 0 Å². The van der Waals surface area contributed by atoms with Gasteiger partial charge in [-0.25, -0.2) is 0 Å². The summed E-state index contributed by atoms with van der Waals surface area (Å²) in [5.74, 6) is -0.770. The summed E-state index contributed by atoms with van der Waals surface area (Å²) in [5, 5.41) is 9.55. The normalized spacial score (nSPS) is 14.2. The molecule has 0 spiro atoms. The molecule has 0 aliphatic rings. The van der Waals surface area contributed by atoms with E-state index in [1.807, 2.05) is 30.3 Å². The van der Waals surface area contributed by atoms with Gasteiger partial charge in [0.05, 0.1) is 0 Å². The molecule has 0 aromatic heterocycles. The number of benzene rings is 1. The van der Waals surface area contributed by atoms with E-state index in [-0.39, 0.29) is 5.04 Å². The zero-order valence-corrected chi connectivity index (χ0v) is 13.5. The second-order valence-corrected chi connectivity index (χ2v) is 11.6. The third kappa shape index (κ3) is 4.47. The Morgan fingerprint density at radius 2 is 1.79 bits per heavy atom. The number of aliphatic carboxylic acids is 1.